The van der Waals surface area contributed by atoms with Gasteiger partial charge in [0, 0.05) is 5.56 Å². The largest absolute Gasteiger partial charge is 0.497 e. The molecular weight excluding hydrogens is 340 g/mol. The van der Waals surface area contributed by atoms with Crippen LogP contribution >= 0.6 is 0 Å². The molecule has 3 aromatic carbocycles. The smallest absolute Gasteiger partial charge is 0.206 e. The van der Waals surface area contributed by atoms with Gasteiger partial charge in [-0.1, -0.05) is 30.3 Å². The first-order valence-electron chi connectivity index (χ1n) is 8.43. The Balaban J connectivity index is 1.81. The molecule has 0 aromatic heterocycles. The lowest BCUT2D eigenvalue weighted by molar-refractivity contribution is 0.414. The highest BCUT2D eigenvalue weighted by atomic mass is 16.5. The van der Waals surface area contributed by atoms with Crippen LogP contribution in [0.5, 0.6) is 11.5 Å². The van der Waals surface area contributed by atoms with Crippen molar-refractivity contribution in [1.82, 2.24) is 0 Å². The van der Waals surface area contributed by atoms with Gasteiger partial charge in [0.15, 0.2) is 0 Å². The van der Waals surface area contributed by atoms with Gasteiger partial charge >= 0.3 is 0 Å². The van der Waals surface area contributed by atoms with Gasteiger partial charge in [0.05, 0.1) is 25.6 Å². The second-order valence-corrected chi connectivity index (χ2v) is 5.61. The molecule has 6 heteroatoms. The molecule has 0 heterocycles. The summed E-state index contributed by atoms with van der Waals surface area (Å²) < 4.78 is 10.3. The molecule has 0 radical (unpaired) electrons. The maximum atomic E-state index is 5.15. The van der Waals surface area contributed by atoms with Gasteiger partial charge in [0.2, 0.25) is 6.17 Å². The van der Waals surface area contributed by atoms with Gasteiger partial charge in [0.1, 0.15) is 11.5 Å². The van der Waals surface area contributed by atoms with Gasteiger partial charge in [-0.2, -0.15) is 20.5 Å². The summed E-state index contributed by atoms with van der Waals surface area (Å²) in [5.74, 6) is 1.54. The molecular formula is C21H20N4O2. The van der Waals surface area contributed by atoms with Crippen molar-refractivity contribution in [1.29, 1.82) is 0 Å². The Morgan fingerprint density at radius 1 is 0.593 bits per heavy atom. The Bertz CT molecular complexity index is 834. The molecule has 3 rings (SSSR count). The number of hydrogen-bond donors (Lipinski definition) is 0. The van der Waals surface area contributed by atoms with Crippen molar-refractivity contribution < 1.29 is 9.47 Å². The minimum Gasteiger partial charge on any atom is -0.497 e. The number of hydrogen-bond acceptors (Lipinski definition) is 6. The van der Waals surface area contributed by atoms with Crippen molar-refractivity contribution >= 4 is 11.4 Å². The Morgan fingerprint density at radius 2 is 1.04 bits per heavy atom. The average Bonchev–Trinajstić information content (AvgIpc) is 2.75. The molecule has 0 aliphatic rings. The number of nitrogens with zero attached hydrogens (tertiary/aromatic N) is 4. The minimum atomic E-state index is -0.532. The average molecular weight is 360 g/mol. The summed E-state index contributed by atoms with van der Waals surface area (Å²) in [6, 6.07) is 24.4. The Hall–Kier alpha value is -3.54. The summed E-state index contributed by atoms with van der Waals surface area (Å²) >= 11 is 0. The summed E-state index contributed by atoms with van der Waals surface area (Å²) in [7, 11) is 3.25. The fourth-order valence-electron chi connectivity index (χ4n) is 2.32. The first kappa shape index (κ1) is 18.3. The molecule has 0 saturated heterocycles. The predicted octanol–water partition coefficient (Wildman–Crippen LogP) is 6.27. The van der Waals surface area contributed by atoms with E-state index in [0.29, 0.717) is 0 Å². The first-order chi connectivity index (χ1) is 13.3. The van der Waals surface area contributed by atoms with Crippen LogP contribution < -0.4 is 9.47 Å². The van der Waals surface area contributed by atoms with Gasteiger partial charge in [-0.25, -0.2) is 0 Å². The van der Waals surface area contributed by atoms with Crippen LogP contribution in [0.25, 0.3) is 0 Å². The molecule has 136 valence electrons. The number of rotatable bonds is 7. The highest BCUT2D eigenvalue weighted by Gasteiger charge is 2.08. The molecule has 0 saturated carbocycles. The highest BCUT2D eigenvalue weighted by Crippen LogP contribution is 2.26. The van der Waals surface area contributed by atoms with E-state index in [9.17, 15) is 0 Å². The van der Waals surface area contributed by atoms with E-state index in [4.69, 9.17) is 9.47 Å². The number of benzene rings is 3. The first-order valence-corrected chi connectivity index (χ1v) is 8.43. The number of ether oxygens (including phenoxy) is 2. The third-order valence-corrected chi connectivity index (χ3v) is 3.81. The van der Waals surface area contributed by atoms with Crippen LogP contribution in [-0.2, 0) is 0 Å². The molecule has 0 fully saturated rings. The molecule has 27 heavy (non-hydrogen) atoms. The molecule has 0 unspecified atom stereocenters. The molecule has 3 aromatic rings. The minimum absolute atomic E-state index is 0.532. The van der Waals surface area contributed by atoms with Crippen molar-refractivity contribution in [3.63, 3.8) is 0 Å². The van der Waals surface area contributed by atoms with Crippen LogP contribution in [-0.4, -0.2) is 14.2 Å². The van der Waals surface area contributed by atoms with E-state index in [1.165, 1.54) is 0 Å². The highest BCUT2D eigenvalue weighted by molar-refractivity contribution is 5.41. The van der Waals surface area contributed by atoms with E-state index in [0.717, 1.165) is 28.4 Å². The normalized spacial score (nSPS) is 12.4. The van der Waals surface area contributed by atoms with Gasteiger partial charge in [-0.3, -0.25) is 0 Å². The van der Waals surface area contributed by atoms with E-state index in [-0.39, 0.29) is 0 Å². The molecule has 0 aliphatic carbocycles. The van der Waals surface area contributed by atoms with Gasteiger partial charge in [-0.05, 0) is 48.5 Å². The van der Waals surface area contributed by atoms with E-state index < -0.39 is 6.17 Å². The summed E-state index contributed by atoms with van der Waals surface area (Å²) in [5.41, 5.74) is 2.35. The molecule has 0 N–H and O–H groups in total. The second-order valence-electron chi connectivity index (χ2n) is 5.61. The zero-order chi connectivity index (χ0) is 18.9. The Morgan fingerprint density at radius 3 is 1.44 bits per heavy atom. The van der Waals surface area contributed by atoms with Crippen LogP contribution in [0, 0.1) is 0 Å². The topological polar surface area (TPSA) is 67.9 Å². The van der Waals surface area contributed by atoms with Crippen molar-refractivity contribution in [3.05, 3.63) is 84.4 Å². The fourth-order valence-corrected chi connectivity index (χ4v) is 2.32. The van der Waals surface area contributed by atoms with Crippen LogP contribution in [0.1, 0.15) is 11.7 Å². The summed E-state index contributed by atoms with van der Waals surface area (Å²) in [4.78, 5) is 0. The quantitative estimate of drug-likeness (QED) is 0.466. The summed E-state index contributed by atoms with van der Waals surface area (Å²) in [5, 5.41) is 17.3. The molecule has 0 amide bonds. The molecule has 0 atom stereocenters. The second kappa shape index (κ2) is 9.24. The van der Waals surface area contributed by atoms with Crippen molar-refractivity contribution in [3.8, 4) is 11.5 Å². The van der Waals surface area contributed by atoms with Crippen molar-refractivity contribution in [2.75, 3.05) is 14.2 Å². The zero-order valence-corrected chi connectivity index (χ0v) is 15.2. The van der Waals surface area contributed by atoms with Gasteiger partial charge < -0.3 is 9.47 Å². The lowest BCUT2D eigenvalue weighted by Gasteiger charge is -2.06. The molecule has 0 spiro atoms. The lowest BCUT2D eigenvalue weighted by Crippen LogP contribution is -1.89. The van der Waals surface area contributed by atoms with Crippen molar-refractivity contribution in [2.24, 2.45) is 20.5 Å². The van der Waals surface area contributed by atoms with Crippen LogP contribution in [0.4, 0.5) is 11.4 Å². The van der Waals surface area contributed by atoms with E-state index >= 15 is 0 Å². The summed E-state index contributed by atoms with van der Waals surface area (Å²) in [6.45, 7) is 0. The number of methoxy groups -OCH3 is 2. The fraction of sp³-hybridized carbons (Fsp3) is 0.143. The SMILES string of the molecule is COc1ccc(N=NC(N=Nc2ccc(OC)cc2)c2ccccc2)cc1. The predicted molar refractivity (Wildman–Crippen MR) is 104 cm³/mol. The van der Waals surface area contributed by atoms with Crippen LogP contribution in [0.15, 0.2) is 99.3 Å². The van der Waals surface area contributed by atoms with Gasteiger partial charge in [-0.15, -0.1) is 0 Å². The van der Waals surface area contributed by atoms with Gasteiger partial charge in [0.25, 0.3) is 0 Å². The monoisotopic (exact) mass is 360 g/mol. The third-order valence-electron chi connectivity index (χ3n) is 3.81. The lowest BCUT2D eigenvalue weighted by atomic mass is 10.2. The molecule has 0 aliphatic heterocycles. The Kier molecular flexibility index (Phi) is 6.25. The maximum Gasteiger partial charge on any atom is 0.206 e. The van der Waals surface area contributed by atoms with E-state index in [2.05, 4.69) is 20.5 Å². The number of azo groups is 2. The van der Waals surface area contributed by atoms with E-state index in [1.54, 1.807) is 14.2 Å². The van der Waals surface area contributed by atoms with E-state index in [1.807, 2.05) is 78.9 Å². The Labute approximate surface area is 158 Å². The maximum absolute atomic E-state index is 5.15. The van der Waals surface area contributed by atoms with Crippen molar-refractivity contribution in [2.45, 2.75) is 6.17 Å². The third kappa shape index (κ3) is 5.22. The van der Waals surface area contributed by atoms with Crippen LogP contribution in [0.3, 0.4) is 0 Å². The summed E-state index contributed by atoms with van der Waals surface area (Å²) in [6.07, 6.45) is -0.532. The zero-order valence-electron chi connectivity index (χ0n) is 15.2. The van der Waals surface area contributed by atoms with Crippen LogP contribution in [0.2, 0.25) is 0 Å². The standard InChI is InChI=1S/C21H20N4O2/c1-26-19-12-8-17(9-13-19)22-24-21(16-6-4-3-5-7-16)25-23-18-10-14-20(27-2)15-11-18/h3-15,21H,1-2H3. The molecule has 6 nitrogen and oxygen atoms in total. The molecule has 0 bridgehead atoms.